The Bertz CT molecular complexity index is 511. The van der Waals surface area contributed by atoms with Crippen molar-refractivity contribution >= 4 is 30.4 Å². The van der Waals surface area contributed by atoms with Crippen LogP contribution in [0.1, 0.15) is 5.56 Å². The average Bonchev–Trinajstić information content (AvgIpc) is 2.49. The van der Waals surface area contributed by atoms with Crippen molar-refractivity contribution in [1.29, 1.82) is 0 Å². The Hall–Kier alpha value is -1.46. The third kappa shape index (κ3) is 1.48. The van der Waals surface area contributed by atoms with Gasteiger partial charge in [-0.05, 0) is 26.0 Å². The lowest BCUT2D eigenvalue weighted by atomic mass is 10.2. The number of fused-ring (bicyclic) bond motifs is 2. The van der Waals surface area contributed by atoms with E-state index in [0.717, 1.165) is 5.69 Å². The van der Waals surface area contributed by atoms with E-state index in [2.05, 4.69) is 60.2 Å². The molecule has 0 amide bonds. The van der Waals surface area contributed by atoms with Crippen LogP contribution in [0.2, 0.25) is 0 Å². The highest BCUT2D eigenvalue weighted by Crippen LogP contribution is 2.35. The fraction of sp³-hybridized carbons (Fsp3) is 0.0714. The predicted molar refractivity (Wildman–Crippen MR) is 72.3 cm³/mol. The lowest BCUT2D eigenvalue weighted by molar-refractivity contribution is 1.57. The summed E-state index contributed by atoms with van der Waals surface area (Å²) in [5.74, 6) is 0. The maximum Gasteiger partial charge on any atom is 0.0709 e. The van der Waals surface area contributed by atoms with E-state index in [1.807, 2.05) is 6.21 Å². The van der Waals surface area contributed by atoms with E-state index in [1.165, 1.54) is 16.2 Å². The van der Waals surface area contributed by atoms with Gasteiger partial charge in [-0.25, -0.2) is 0 Å². The third-order valence-corrected chi connectivity index (χ3v) is 5.11. The lowest BCUT2D eigenvalue weighted by Crippen LogP contribution is -2.12. The fourth-order valence-corrected chi connectivity index (χ4v) is 3.90. The Labute approximate surface area is 96.6 Å². The Kier molecular flexibility index (Phi) is 2.34. The molecule has 0 saturated heterocycles. The minimum Gasteiger partial charge on any atom is -0.256 e. The minimum absolute atomic E-state index is 0.275. The molecular weight excluding hydrogens is 213 g/mol. The first-order chi connectivity index (χ1) is 7.86. The van der Waals surface area contributed by atoms with Crippen LogP contribution in [0.15, 0.2) is 53.5 Å². The van der Waals surface area contributed by atoms with Gasteiger partial charge in [0.2, 0.25) is 0 Å². The van der Waals surface area contributed by atoms with Crippen LogP contribution in [0.3, 0.4) is 0 Å². The molecule has 0 aliphatic carbocycles. The zero-order valence-electron chi connectivity index (χ0n) is 9.09. The monoisotopic (exact) mass is 225 g/mol. The maximum absolute atomic E-state index is 4.57. The summed E-state index contributed by atoms with van der Waals surface area (Å²) >= 11 is 0. The highest BCUT2D eigenvalue weighted by molar-refractivity contribution is 7.72. The van der Waals surface area contributed by atoms with Gasteiger partial charge in [-0.3, -0.25) is 4.99 Å². The number of aliphatic imine (C=N–C) groups is 1. The molecule has 1 unspecified atom stereocenters. The molecule has 2 heteroatoms. The summed E-state index contributed by atoms with van der Waals surface area (Å²) in [6.45, 7) is 2.31. The fourth-order valence-electron chi connectivity index (χ4n) is 2.03. The average molecular weight is 225 g/mol. The first-order valence-electron chi connectivity index (χ1n) is 5.32. The van der Waals surface area contributed by atoms with Crippen LogP contribution < -0.4 is 10.6 Å². The molecule has 16 heavy (non-hydrogen) atoms. The summed E-state index contributed by atoms with van der Waals surface area (Å²) in [5, 5.41) is 2.80. The SMILES string of the molecule is CP1c2ccccc2C=Nc2ccccc21. The number of nitrogens with zero attached hydrogens (tertiary/aromatic N) is 1. The first-order valence-corrected chi connectivity index (χ1v) is 7.11. The van der Waals surface area contributed by atoms with Crippen LogP contribution >= 0.6 is 7.92 Å². The van der Waals surface area contributed by atoms with Crippen molar-refractivity contribution in [1.82, 2.24) is 0 Å². The van der Waals surface area contributed by atoms with Gasteiger partial charge in [0.05, 0.1) is 5.69 Å². The largest absolute Gasteiger partial charge is 0.256 e. The summed E-state index contributed by atoms with van der Waals surface area (Å²) in [5.41, 5.74) is 2.37. The molecule has 1 aliphatic rings. The summed E-state index contributed by atoms with van der Waals surface area (Å²) < 4.78 is 0. The van der Waals surface area contributed by atoms with E-state index >= 15 is 0 Å². The maximum atomic E-state index is 4.57. The molecule has 0 fully saturated rings. The normalized spacial score (nSPS) is 17.4. The molecule has 0 aromatic heterocycles. The standard InChI is InChI=1S/C14H12NP/c1-16-13-8-4-2-6-11(13)10-15-12-7-3-5-9-14(12)16/h2-10H,1H3. The number of para-hydroxylation sites is 1. The van der Waals surface area contributed by atoms with Crippen molar-refractivity contribution in [2.75, 3.05) is 6.66 Å². The van der Waals surface area contributed by atoms with Crippen LogP contribution in [0.5, 0.6) is 0 Å². The Balaban J connectivity index is 2.26. The highest BCUT2D eigenvalue weighted by atomic mass is 31.1. The Morgan fingerprint density at radius 2 is 1.56 bits per heavy atom. The number of rotatable bonds is 0. The molecule has 2 aromatic carbocycles. The number of benzene rings is 2. The molecule has 1 atom stereocenters. The van der Waals surface area contributed by atoms with Gasteiger partial charge in [0.1, 0.15) is 0 Å². The molecule has 0 N–H and O–H groups in total. The molecule has 1 heterocycles. The van der Waals surface area contributed by atoms with Gasteiger partial charge >= 0.3 is 0 Å². The third-order valence-electron chi connectivity index (χ3n) is 2.88. The molecule has 78 valence electrons. The van der Waals surface area contributed by atoms with Gasteiger partial charge in [0.25, 0.3) is 0 Å². The van der Waals surface area contributed by atoms with Gasteiger partial charge in [0, 0.05) is 17.1 Å². The van der Waals surface area contributed by atoms with E-state index < -0.39 is 0 Å². The van der Waals surface area contributed by atoms with E-state index in [4.69, 9.17) is 0 Å². The quantitative estimate of drug-likeness (QED) is 0.611. The molecule has 0 bridgehead atoms. The van der Waals surface area contributed by atoms with Gasteiger partial charge in [-0.1, -0.05) is 42.5 Å². The first kappa shape index (κ1) is 9.74. The Morgan fingerprint density at radius 3 is 2.44 bits per heavy atom. The van der Waals surface area contributed by atoms with Crippen molar-refractivity contribution in [2.24, 2.45) is 4.99 Å². The van der Waals surface area contributed by atoms with Crippen molar-refractivity contribution in [3.8, 4) is 0 Å². The zero-order chi connectivity index (χ0) is 11.0. The van der Waals surface area contributed by atoms with E-state index in [0.29, 0.717) is 0 Å². The molecule has 2 aromatic rings. The summed E-state index contributed by atoms with van der Waals surface area (Å²) in [6, 6.07) is 17.0. The lowest BCUT2D eigenvalue weighted by Gasteiger charge is -2.14. The van der Waals surface area contributed by atoms with Crippen molar-refractivity contribution < 1.29 is 0 Å². The number of hydrogen-bond acceptors (Lipinski definition) is 1. The van der Waals surface area contributed by atoms with Crippen LogP contribution in [-0.4, -0.2) is 12.9 Å². The highest BCUT2D eigenvalue weighted by Gasteiger charge is 2.16. The Morgan fingerprint density at radius 1 is 0.875 bits per heavy atom. The molecule has 0 spiro atoms. The number of hydrogen-bond donors (Lipinski definition) is 0. The van der Waals surface area contributed by atoms with Crippen LogP contribution in [0.4, 0.5) is 5.69 Å². The predicted octanol–water partition coefficient (Wildman–Crippen LogP) is 2.81. The van der Waals surface area contributed by atoms with Gasteiger partial charge < -0.3 is 0 Å². The molecule has 1 nitrogen and oxygen atoms in total. The van der Waals surface area contributed by atoms with Crippen LogP contribution in [0, 0.1) is 0 Å². The van der Waals surface area contributed by atoms with Gasteiger partial charge in [-0.2, -0.15) is 0 Å². The topological polar surface area (TPSA) is 12.4 Å². The smallest absolute Gasteiger partial charge is 0.0709 e. The van der Waals surface area contributed by atoms with Crippen LogP contribution in [0.25, 0.3) is 0 Å². The van der Waals surface area contributed by atoms with Gasteiger partial charge in [-0.15, -0.1) is 0 Å². The second-order valence-corrected chi connectivity index (χ2v) is 5.95. The van der Waals surface area contributed by atoms with Crippen molar-refractivity contribution in [3.63, 3.8) is 0 Å². The van der Waals surface area contributed by atoms with Crippen molar-refractivity contribution in [2.45, 2.75) is 0 Å². The molecular formula is C14H12NP. The van der Waals surface area contributed by atoms with Crippen molar-refractivity contribution in [3.05, 3.63) is 54.1 Å². The molecule has 1 aliphatic heterocycles. The summed E-state index contributed by atoms with van der Waals surface area (Å²) in [4.78, 5) is 4.57. The summed E-state index contributed by atoms with van der Waals surface area (Å²) in [6.07, 6.45) is 1.99. The second-order valence-electron chi connectivity index (χ2n) is 3.86. The van der Waals surface area contributed by atoms with E-state index in [-0.39, 0.29) is 7.92 Å². The van der Waals surface area contributed by atoms with Crippen LogP contribution in [-0.2, 0) is 0 Å². The minimum atomic E-state index is -0.275. The molecule has 3 rings (SSSR count). The van der Waals surface area contributed by atoms with Gasteiger partial charge in [0.15, 0.2) is 0 Å². The molecule has 0 saturated carbocycles. The van der Waals surface area contributed by atoms with E-state index in [1.54, 1.807) is 0 Å². The summed E-state index contributed by atoms with van der Waals surface area (Å²) in [7, 11) is -0.275. The zero-order valence-corrected chi connectivity index (χ0v) is 9.99. The molecule has 0 radical (unpaired) electrons. The second kappa shape index (κ2) is 3.84. The van der Waals surface area contributed by atoms with E-state index in [9.17, 15) is 0 Å².